The maximum atomic E-state index is 13.5. The highest BCUT2D eigenvalue weighted by Crippen LogP contribution is 2.16. The molecule has 1 amide bonds. The molecular formula is C14H13F3N4O. The van der Waals surface area contributed by atoms with E-state index < -0.39 is 28.9 Å². The van der Waals surface area contributed by atoms with Gasteiger partial charge in [0.25, 0.3) is 5.91 Å². The summed E-state index contributed by atoms with van der Waals surface area (Å²) in [5.74, 6) is -4.96. The zero-order chi connectivity index (χ0) is 16.1. The smallest absolute Gasteiger partial charge is 0.259 e. The number of aromatic nitrogens is 2. The van der Waals surface area contributed by atoms with Crippen LogP contribution in [0.5, 0.6) is 0 Å². The third-order valence-corrected chi connectivity index (χ3v) is 2.74. The van der Waals surface area contributed by atoms with E-state index >= 15 is 0 Å². The Morgan fingerprint density at radius 3 is 2.36 bits per heavy atom. The van der Waals surface area contributed by atoms with Gasteiger partial charge in [0, 0.05) is 6.54 Å². The van der Waals surface area contributed by atoms with Crippen molar-refractivity contribution in [2.75, 3.05) is 17.2 Å². The summed E-state index contributed by atoms with van der Waals surface area (Å²) in [6.45, 7) is 2.71. The van der Waals surface area contributed by atoms with Gasteiger partial charge in [-0.3, -0.25) is 4.79 Å². The van der Waals surface area contributed by atoms with E-state index in [0.717, 1.165) is 19.0 Å². The zero-order valence-corrected chi connectivity index (χ0v) is 11.7. The van der Waals surface area contributed by atoms with Gasteiger partial charge in [-0.2, -0.15) is 0 Å². The highest BCUT2D eigenvalue weighted by Gasteiger charge is 2.19. The molecule has 0 radical (unpaired) electrons. The predicted octanol–water partition coefficient (Wildman–Crippen LogP) is 2.97. The van der Waals surface area contributed by atoms with Crippen molar-refractivity contribution in [2.45, 2.75) is 13.3 Å². The summed E-state index contributed by atoms with van der Waals surface area (Å²) >= 11 is 0. The summed E-state index contributed by atoms with van der Waals surface area (Å²) in [6.07, 6.45) is 0.912. The molecule has 0 spiro atoms. The Bertz CT molecular complexity index is 677. The Morgan fingerprint density at radius 1 is 1.05 bits per heavy atom. The van der Waals surface area contributed by atoms with Crippen LogP contribution in [0.3, 0.4) is 0 Å². The summed E-state index contributed by atoms with van der Waals surface area (Å²) in [6, 6.07) is 4.57. The van der Waals surface area contributed by atoms with Gasteiger partial charge >= 0.3 is 0 Å². The molecule has 0 aliphatic heterocycles. The number of halogens is 3. The molecule has 22 heavy (non-hydrogen) atoms. The number of hydrogen-bond donors (Lipinski definition) is 2. The largest absolute Gasteiger partial charge is 0.369 e. The number of anilines is 2. The lowest BCUT2D eigenvalue weighted by molar-refractivity contribution is 0.102. The van der Waals surface area contributed by atoms with Crippen LogP contribution in [-0.2, 0) is 0 Å². The fourth-order valence-electron chi connectivity index (χ4n) is 1.63. The van der Waals surface area contributed by atoms with E-state index in [0.29, 0.717) is 11.9 Å². The zero-order valence-electron chi connectivity index (χ0n) is 11.7. The first-order valence-electron chi connectivity index (χ1n) is 6.55. The molecule has 8 heteroatoms. The van der Waals surface area contributed by atoms with Crippen LogP contribution in [0.2, 0.25) is 0 Å². The van der Waals surface area contributed by atoms with Crippen LogP contribution >= 0.6 is 0 Å². The number of benzene rings is 1. The van der Waals surface area contributed by atoms with Crippen LogP contribution in [-0.4, -0.2) is 22.6 Å². The maximum Gasteiger partial charge on any atom is 0.259 e. The molecule has 1 aromatic heterocycles. The minimum Gasteiger partial charge on any atom is -0.369 e. The first-order chi connectivity index (χ1) is 10.5. The monoisotopic (exact) mass is 310 g/mol. The Hall–Kier alpha value is -2.64. The summed E-state index contributed by atoms with van der Waals surface area (Å²) in [4.78, 5) is 11.8. The molecule has 5 nitrogen and oxygen atoms in total. The average molecular weight is 310 g/mol. The molecular weight excluding hydrogens is 297 g/mol. The van der Waals surface area contributed by atoms with Gasteiger partial charge < -0.3 is 10.6 Å². The summed E-state index contributed by atoms with van der Waals surface area (Å²) in [5.41, 5.74) is -0.617. The van der Waals surface area contributed by atoms with Crippen LogP contribution < -0.4 is 10.6 Å². The van der Waals surface area contributed by atoms with Crippen molar-refractivity contribution in [3.63, 3.8) is 0 Å². The normalized spacial score (nSPS) is 10.4. The Morgan fingerprint density at radius 2 is 1.73 bits per heavy atom. The number of rotatable bonds is 5. The van der Waals surface area contributed by atoms with Gasteiger partial charge in [0.2, 0.25) is 0 Å². The third-order valence-electron chi connectivity index (χ3n) is 2.74. The van der Waals surface area contributed by atoms with Crippen molar-refractivity contribution in [2.24, 2.45) is 0 Å². The molecule has 1 heterocycles. The van der Waals surface area contributed by atoms with Gasteiger partial charge in [-0.25, -0.2) is 13.2 Å². The van der Waals surface area contributed by atoms with Crippen molar-refractivity contribution in [1.82, 2.24) is 10.2 Å². The number of hydrogen-bond acceptors (Lipinski definition) is 4. The van der Waals surface area contributed by atoms with E-state index in [2.05, 4.69) is 20.8 Å². The first kappa shape index (κ1) is 15.7. The highest BCUT2D eigenvalue weighted by molar-refractivity contribution is 6.03. The summed E-state index contributed by atoms with van der Waals surface area (Å²) in [7, 11) is 0. The fourth-order valence-corrected chi connectivity index (χ4v) is 1.63. The molecule has 0 fully saturated rings. The molecule has 0 atom stereocenters. The molecule has 0 unspecified atom stereocenters. The average Bonchev–Trinajstić information content (AvgIpc) is 2.52. The van der Waals surface area contributed by atoms with Crippen molar-refractivity contribution in [3.8, 4) is 0 Å². The fraction of sp³-hybridized carbons (Fsp3) is 0.214. The van der Waals surface area contributed by atoms with Gasteiger partial charge in [0.1, 0.15) is 5.82 Å². The lowest BCUT2D eigenvalue weighted by Gasteiger charge is -2.07. The molecule has 0 bridgehead atoms. The topological polar surface area (TPSA) is 66.9 Å². The van der Waals surface area contributed by atoms with Crippen LogP contribution in [0.25, 0.3) is 0 Å². The number of carbonyl (C=O) groups excluding carboxylic acids is 1. The van der Waals surface area contributed by atoms with Crippen molar-refractivity contribution < 1.29 is 18.0 Å². The Balaban J connectivity index is 2.10. The predicted molar refractivity (Wildman–Crippen MR) is 75.1 cm³/mol. The van der Waals surface area contributed by atoms with E-state index in [-0.39, 0.29) is 5.82 Å². The minimum absolute atomic E-state index is 0.0659. The van der Waals surface area contributed by atoms with Gasteiger partial charge in [0.05, 0.1) is 5.56 Å². The van der Waals surface area contributed by atoms with E-state index in [1.54, 1.807) is 6.07 Å². The van der Waals surface area contributed by atoms with E-state index in [9.17, 15) is 18.0 Å². The second-order valence-electron chi connectivity index (χ2n) is 4.41. The van der Waals surface area contributed by atoms with E-state index in [4.69, 9.17) is 0 Å². The number of nitrogens with zero attached hydrogens (tertiary/aromatic N) is 2. The lowest BCUT2D eigenvalue weighted by Crippen LogP contribution is -2.16. The number of carbonyl (C=O) groups is 1. The molecule has 0 saturated carbocycles. The van der Waals surface area contributed by atoms with Crippen LogP contribution in [0.4, 0.5) is 24.8 Å². The van der Waals surface area contributed by atoms with Crippen molar-refractivity contribution in [3.05, 3.63) is 47.3 Å². The molecule has 2 aromatic rings. The third kappa shape index (κ3) is 3.51. The van der Waals surface area contributed by atoms with Gasteiger partial charge in [-0.1, -0.05) is 6.92 Å². The maximum absolute atomic E-state index is 13.5. The first-order valence-corrected chi connectivity index (χ1v) is 6.55. The van der Waals surface area contributed by atoms with E-state index in [1.165, 1.54) is 6.07 Å². The van der Waals surface area contributed by atoms with Gasteiger partial charge in [-0.15, -0.1) is 10.2 Å². The van der Waals surface area contributed by atoms with Gasteiger partial charge in [-0.05, 0) is 30.7 Å². The molecule has 2 N–H and O–H groups in total. The van der Waals surface area contributed by atoms with Crippen LogP contribution in [0, 0.1) is 17.5 Å². The standard InChI is InChI=1S/C14H13F3N4O/c1-2-7-18-10-5-6-11(21-20-10)19-14(22)8-3-4-9(15)13(17)12(8)16/h3-6H,2,7H2,1H3,(H,18,20)(H,19,21,22). The molecule has 2 rings (SSSR count). The molecule has 1 aromatic carbocycles. The lowest BCUT2D eigenvalue weighted by atomic mass is 10.2. The van der Waals surface area contributed by atoms with Crippen LogP contribution in [0.15, 0.2) is 24.3 Å². The number of amides is 1. The van der Waals surface area contributed by atoms with Crippen molar-refractivity contribution in [1.29, 1.82) is 0 Å². The van der Waals surface area contributed by atoms with Crippen molar-refractivity contribution >= 4 is 17.5 Å². The molecule has 0 aliphatic carbocycles. The second kappa shape index (κ2) is 6.88. The Labute approximate surface area is 124 Å². The number of nitrogens with one attached hydrogen (secondary N) is 2. The quantitative estimate of drug-likeness (QED) is 0.833. The highest BCUT2D eigenvalue weighted by atomic mass is 19.2. The second-order valence-corrected chi connectivity index (χ2v) is 4.41. The molecule has 0 aliphatic rings. The summed E-state index contributed by atoms with van der Waals surface area (Å²) in [5, 5.41) is 12.8. The SMILES string of the molecule is CCCNc1ccc(NC(=O)c2ccc(F)c(F)c2F)nn1. The van der Waals surface area contributed by atoms with Gasteiger partial charge in [0.15, 0.2) is 23.3 Å². The molecule has 0 saturated heterocycles. The minimum atomic E-state index is -1.70. The van der Waals surface area contributed by atoms with E-state index in [1.807, 2.05) is 6.92 Å². The summed E-state index contributed by atoms with van der Waals surface area (Å²) < 4.78 is 39.4. The van der Waals surface area contributed by atoms with Crippen LogP contribution in [0.1, 0.15) is 23.7 Å². The molecule has 116 valence electrons. The Kier molecular flexibility index (Phi) is 4.92.